The Kier molecular flexibility index (Phi) is 4.43. The number of rotatable bonds is 3. The summed E-state index contributed by atoms with van der Waals surface area (Å²) in [7, 11) is 0. The lowest BCUT2D eigenvalue weighted by Crippen LogP contribution is -1.96. The van der Waals surface area contributed by atoms with Crippen molar-refractivity contribution in [3.05, 3.63) is 51.8 Å². The number of nitrogens with zero attached hydrogens (tertiary/aromatic N) is 2. The molecule has 2 rings (SSSR count). The first kappa shape index (κ1) is 13.6. The summed E-state index contributed by atoms with van der Waals surface area (Å²) in [6.45, 7) is 1.77. The minimum atomic E-state index is -0.253. The molecule has 0 spiro atoms. The summed E-state index contributed by atoms with van der Waals surface area (Å²) < 4.78 is 12.7. The van der Waals surface area contributed by atoms with Gasteiger partial charge in [-0.1, -0.05) is 23.2 Å². The van der Waals surface area contributed by atoms with Gasteiger partial charge in [0.25, 0.3) is 0 Å². The van der Waals surface area contributed by atoms with E-state index < -0.39 is 0 Å². The molecule has 0 fully saturated rings. The average Bonchev–Trinajstić information content (AvgIpc) is 2.35. The Balaban J connectivity index is 2.08. The predicted octanol–water partition coefficient (Wildman–Crippen LogP) is 4.52. The molecular formula is C12H9Cl2FN2S. The van der Waals surface area contributed by atoms with Crippen LogP contribution in [-0.2, 0) is 5.75 Å². The molecule has 1 heterocycles. The molecule has 0 saturated carbocycles. The van der Waals surface area contributed by atoms with E-state index in [9.17, 15) is 4.39 Å². The number of hydrogen-bond acceptors (Lipinski definition) is 3. The van der Waals surface area contributed by atoms with Crippen molar-refractivity contribution in [2.45, 2.75) is 17.6 Å². The molecule has 0 unspecified atom stereocenters. The molecule has 2 nitrogen and oxygen atoms in total. The van der Waals surface area contributed by atoms with Crippen LogP contribution < -0.4 is 0 Å². The summed E-state index contributed by atoms with van der Waals surface area (Å²) in [5, 5.41) is 0.731. The highest BCUT2D eigenvalue weighted by atomic mass is 35.5. The molecule has 0 aliphatic heterocycles. The summed E-state index contributed by atoms with van der Waals surface area (Å²) in [5.41, 5.74) is 0.675. The Bertz CT molecular complexity index is 537. The van der Waals surface area contributed by atoms with Crippen LogP contribution in [0, 0.1) is 12.7 Å². The zero-order valence-electron chi connectivity index (χ0n) is 9.45. The van der Waals surface area contributed by atoms with Crippen LogP contribution in [0.25, 0.3) is 0 Å². The van der Waals surface area contributed by atoms with E-state index in [2.05, 4.69) is 9.97 Å². The number of thioether (sulfide) groups is 1. The highest BCUT2D eigenvalue weighted by Gasteiger charge is 2.07. The average molecular weight is 303 g/mol. The summed E-state index contributed by atoms with van der Waals surface area (Å²) in [6, 6.07) is 6.24. The molecule has 0 amide bonds. The summed E-state index contributed by atoms with van der Waals surface area (Å²) in [5.74, 6) is 0.840. The topological polar surface area (TPSA) is 25.8 Å². The molecule has 1 aromatic heterocycles. The van der Waals surface area contributed by atoms with Gasteiger partial charge in [0.2, 0.25) is 0 Å². The number of hydrogen-bond donors (Lipinski definition) is 0. The Hall–Kier alpha value is -0.840. The molecule has 0 radical (unpaired) electrons. The van der Waals surface area contributed by atoms with E-state index in [1.54, 1.807) is 19.1 Å². The van der Waals surface area contributed by atoms with Crippen molar-refractivity contribution >= 4 is 35.0 Å². The molecule has 0 aliphatic carbocycles. The zero-order chi connectivity index (χ0) is 13.1. The van der Waals surface area contributed by atoms with Gasteiger partial charge in [-0.05, 0) is 31.2 Å². The van der Waals surface area contributed by atoms with Crippen LogP contribution in [0.5, 0.6) is 0 Å². The largest absolute Gasteiger partial charge is 0.220 e. The van der Waals surface area contributed by atoms with E-state index in [0.29, 0.717) is 27.4 Å². The molecule has 6 heteroatoms. The van der Waals surface area contributed by atoms with Gasteiger partial charge in [-0.2, -0.15) is 0 Å². The molecular weight excluding hydrogens is 294 g/mol. The molecule has 2 aromatic rings. The monoisotopic (exact) mass is 302 g/mol. The van der Waals surface area contributed by atoms with Gasteiger partial charge in [-0.25, -0.2) is 14.4 Å². The third kappa shape index (κ3) is 3.34. The molecule has 0 atom stereocenters. The minimum Gasteiger partial charge on any atom is -0.220 e. The maximum absolute atomic E-state index is 12.7. The maximum atomic E-state index is 12.7. The van der Waals surface area contributed by atoms with Crippen LogP contribution in [0.1, 0.15) is 11.4 Å². The van der Waals surface area contributed by atoms with Gasteiger partial charge in [-0.15, -0.1) is 11.8 Å². The van der Waals surface area contributed by atoms with Gasteiger partial charge in [0.05, 0.1) is 5.75 Å². The fourth-order valence-electron chi connectivity index (χ4n) is 1.25. The summed E-state index contributed by atoms with van der Waals surface area (Å²) in [6.07, 6.45) is 0. The van der Waals surface area contributed by atoms with Gasteiger partial charge in [0.1, 0.15) is 21.9 Å². The van der Waals surface area contributed by atoms with Crippen molar-refractivity contribution < 1.29 is 4.39 Å². The van der Waals surface area contributed by atoms with Crippen molar-refractivity contribution in [2.24, 2.45) is 0 Å². The molecule has 0 saturated heterocycles. The third-order valence-electron chi connectivity index (χ3n) is 2.25. The van der Waals surface area contributed by atoms with Crippen molar-refractivity contribution in [3.63, 3.8) is 0 Å². The second-order valence-corrected chi connectivity index (χ2v) is 5.35. The Morgan fingerprint density at radius 3 is 2.22 bits per heavy atom. The number of halogens is 3. The Morgan fingerprint density at radius 2 is 1.67 bits per heavy atom. The van der Waals surface area contributed by atoms with Crippen molar-refractivity contribution in [2.75, 3.05) is 0 Å². The minimum absolute atomic E-state index is 0.253. The Morgan fingerprint density at radius 1 is 1.11 bits per heavy atom. The second kappa shape index (κ2) is 5.87. The number of aromatic nitrogens is 2. The van der Waals surface area contributed by atoms with E-state index in [-0.39, 0.29) is 5.82 Å². The van der Waals surface area contributed by atoms with Gasteiger partial charge < -0.3 is 0 Å². The van der Waals surface area contributed by atoms with E-state index >= 15 is 0 Å². The van der Waals surface area contributed by atoms with E-state index in [0.717, 1.165) is 4.90 Å². The fraction of sp³-hybridized carbons (Fsp3) is 0.167. The van der Waals surface area contributed by atoms with Crippen LogP contribution in [-0.4, -0.2) is 9.97 Å². The maximum Gasteiger partial charge on any atom is 0.142 e. The molecule has 0 aliphatic rings. The molecule has 18 heavy (non-hydrogen) atoms. The lowest BCUT2D eigenvalue weighted by Gasteiger charge is -2.04. The first-order valence-electron chi connectivity index (χ1n) is 5.13. The van der Waals surface area contributed by atoms with E-state index in [1.807, 2.05) is 0 Å². The van der Waals surface area contributed by atoms with Crippen molar-refractivity contribution in [1.82, 2.24) is 9.97 Å². The van der Waals surface area contributed by atoms with Gasteiger partial charge in [0, 0.05) is 10.5 Å². The highest BCUT2D eigenvalue weighted by Crippen LogP contribution is 2.25. The quantitative estimate of drug-likeness (QED) is 0.615. The zero-order valence-corrected chi connectivity index (χ0v) is 11.8. The number of benzene rings is 1. The standard InChI is InChI=1S/C12H9Cl2FN2S/c1-7-11(13)16-10(17-12(7)14)6-18-9-4-2-8(15)3-5-9/h2-5H,6H2,1H3. The summed E-state index contributed by atoms with van der Waals surface area (Å²) in [4.78, 5) is 9.22. The van der Waals surface area contributed by atoms with Crippen LogP contribution in [0.3, 0.4) is 0 Å². The second-order valence-electron chi connectivity index (χ2n) is 3.59. The van der Waals surface area contributed by atoms with Crippen LogP contribution >= 0.6 is 35.0 Å². The smallest absolute Gasteiger partial charge is 0.142 e. The fourth-order valence-corrected chi connectivity index (χ4v) is 2.42. The highest BCUT2D eigenvalue weighted by molar-refractivity contribution is 7.98. The SMILES string of the molecule is Cc1c(Cl)nc(CSc2ccc(F)cc2)nc1Cl. The van der Waals surface area contributed by atoms with Gasteiger partial charge in [0.15, 0.2) is 0 Å². The van der Waals surface area contributed by atoms with Crippen LogP contribution in [0.15, 0.2) is 29.2 Å². The molecule has 0 N–H and O–H groups in total. The lowest BCUT2D eigenvalue weighted by atomic mass is 10.4. The van der Waals surface area contributed by atoms with Gasteiger partial charge in [-0.3, -0.25) is 0 Å². The van der Waals surface area contributed by atoms with Crippen molar-refractivity contribution in [3.8, 4) is 0 Å². The van der Waals surface area contributed by atoms with E-state index in [1.165, 1.54) is 23.9 Å². The normalized spacial score (nSPS) is 10.7. The Labute approximate surface area is 119 Å². The van der Waals surface area contributed by atoms with Crippen LogP contribution in [0.2, 0.25) is 10.3 Å². The molecule has 94 valence electrons. The van der Waals surface area contributed by atoms with Crippen molar-refractivity contribution in [1.29, 1.82) is 0 Å². The van der Waals surface area contributed by atoms with E-state index in [4.69, 9.17) is 23.2 Å². The summed E-state index contributed by atoms with van der Waals surface area (Å²) >= 11 is 13.4. The lowest BCUT2D eigenvalue weighted by molar-refractivity contribution is 0.626. The molecule has 1 aromatic carbocycles. The predicted molar refractivity (Wildman–Crippen MR) is 72.8 cm³/mol. The third-order valence-corrected chi connectivity index (χ3v) is 4.00. The first-order valence-corrected chi connectivity index (χ1v) is 6.87. The first-order chi connectivity index (χ1) is 8.56. The van der Waals surface area contributed by atoms with Gasteiger partial charge >= 0.3 is 0 Å². The van der Waals surface area contributed by atoms with Crippen LogP contribution in [0.4, 0.5) is 4.39 Å². The molecule has 0 bridgehead atoms.